The highest BCUT2D eigenvalue weighted by molar-refractivity contribution is 9.10. The molecule has 88 valence electrons. The first kappa shape index (κ1) is 13.2. The number of nitrogens with one attached hydrogen (secondary N) is 1. The molecule has 0 spiro atoms. The Hall–Kier alpha value is -0.870. The van der Waals surface area contributed by atoms with Gasteiger partial charge >= 0.3 is 0 Å². The van der Waals surface area contributed by atoms with E-state index >= 15 is 0 Å². The van der Waals surface area contributed by atoms with Gasteiger partial charge < -0.3 is 10.1 Å². The Kier molecular flexibility index (Phi) is 4.96. The molecule has 1 rings (SSSR count). The van der Waals surface area contributed by atoms with E-state index in [0.29, 0.717) is 12.1 Å². The van der Waals surface area contributed by atoms with E-state index in [-0.39, 0.29) is 5.78 Å². The van der Waals surface area contributed by atoms with Crippen molar-refractivity contribution in [2.24, 2.45) is 0 Å². The Morgan fingerprint density at radius 3 is 2.69 bits per heavy atom. The summed E-state index contributed by atoms with van der Waals surface area (Å²) in [5.41, 5.74) is 1.75. The third-order valence-electron chi connectivity index (χ3n) is 2.39. The van der Waals surface area contributed by atoms with Gasteiger partial charge in [0, 0.05) is 15.6 Å². The van der Waals surface area contributed by atoms with Gasteiger partial charge in [-0.1, -0.05) is 22.9 Å². The van der Waals surface area contributed by atoms with Crippen LogP contribution in [0.2, 0.25) is 0 Å². The molecule has 1 aromatic rings. The van der Waals surface area contributed by atoms with Gasteiger partial charge in [0.05, 0.1) is 13.7 Å². The van der Waals surface area contributed by atoms with E-state index in [1.165, 1.54) is 0 Å². The lowest BCUT2D eigenvalue weighted by atomic mass is 10.1. The molecule has 0 saturated carbocycles. The number of carbonyl (C=O) groups excluding carboxylic acids is 1. The van der Waals surface area contributed by atoms with Crippen LogP contribution in [-0.2, 0) is 6.42 Å². The average Bonchev–Trinajstić information content (AvgIpc) is 2.28. The van der Waals surface area contributed by atoms with E-state index in [1.807, 2.05) is 6.07 Å². The Balaban J connectivity index is 3.15. The molecule has 0 heterocycles. The highest BCUT2D eigenvalue weighted by Gasteiger charge is 2.12. The van der Waals surface area contributed by atoms with Crippen molar-refractivity contribution in [3.05, 3.63) is 27.7 Å². The molecule has 0 aliphatic carbocycles. The number of hydrogen-bond acceptors (Lipinski definition) is 3. The van der Waals surface area contributed by atoms with Crippen LogP contribution in [0.1, 0.15) is 22.8 Å². The van der Waals surface area contributed by atoms with Crippen LogP contribution in [0.4, 0.5) is 0 Å². The predicted octanol–water partition coefficient (Wildman–Crippen LogP) is 2.42. The first-order valence-corrected chi connectivity index (χ1v) is 5.97. The molecule has 0 bridgehead atoms. The number of carbonyl (C=O) groups is 1. The Bertz CT molecular complexity index is 391. The molecule has 3 nitrogen and oxygen atoms in total. The Labute approximate surface area is 104 Å². The number of benzene rings is 1. The maximum absolute atomic E-state index is 11.7. The summed E-state index contributed by atoms with van der Waals surface area (Å²) in [7, 11) is 3.37. The van der Waals surface area contributed by atoms with Crippen molar-refractivity contribution in [1.29, 1.82) is 0 Å². The molecule has 4 heteroatoms. The molecule has 0 saturated heterocycles. The minimum Gasteiger partial charge on any atom is -0.496 e. The van der Waals surface area contributed by atoms with Crippen molar-refractivity contribution in [2.45, 2.75) is 13.3 Å². The summed E-state index contributed by atoms with van der Waals surface area (Å²) >= 11 is 3.47. The molecular formula is C12H16BrNO2. The molecule has 0 aromatic heterocycles. The average molecular weight is 286 g/mol. The maximum Gasteiger partial charge on any atom is 0.176 e. The van der Waals surface area contributed by atoms with Crippen LogP contribution in [0.25, 0.3) is 0 Å². The van der Waals surface area contributed by atoms with Crippen LogP contribution in [0.15, 0.2) is 16.6 Å². The molecule has 0 atom stereocenters. The molecule has 0 fully saturated rings. The zero-order chi connectivity index (χ0) is 12.1. The van der Waals surface area contributed by atoms with Crippen LogP contribution in [-0.4, -0.2) is 26.5 Å². The van der Waals surface area contributed by atoms with Gasteiger partial charge in [-0.2, -0.15) is 0 Å². The van der Waals surface area contributed by atoms with Gasteiger partial charge in [0.2, 0.25) is 0 Å². The van der Waals surface area contributed by atoms with Crippen molar-refractivity contribution in [3.63, 3.8) is 0 Å². The van der Waals surface area contributed by atoms with Crippen molar-refractivity contribution in [3.8, 4) is 5.75 Å². The summed E-state index contributed by atoms with van der Waals surface area (Å²) in [6, 6.07) is 3.64. The van der Waals surface area contributed by atoms with Crippen LogP contribution in [0.3, 0.4) is 0 Å². The van der Waals surface area contributed by atoms with E-state index in [1.54, 1.807) is 20.2 Å². The largest absolute Gasteiger partial charge is 0.496 e. The van der Waals surface area contributed by atoms with E-state index < -0.39 is 0 Å². The molecular weight excluding hydrogens is 270 g/mol. The summed E-state index contributed by atoms with van der Waals surface area (Å²) in [5, 5.41) is 2.85. The van der Waals surface area contributed by atoms with Crippen molar-refractivity contribution in [1.82, 2.24) is 5.32 Å². The second kappa shape index (κ2) is 6.01. The zero-order valence-electron chi connectivity index (χ0n) is 9.76. The molecule has 1 aromatic carbocycles. The first-order valence-electron chi connectivity index (χ1n) is 5.18. The summed E-state index contributed by atoms with van der Waals surface area (Å²) in [5.74, 6) is 0.820. The smallest absolute Gasteiger partial charge is 0.176 e. The number of methoxy groups -OCH3 is 1. The normalized spacial score (nSPS) is 10.2. The lowest BCUT2D eigenvalue weighted by molar-refractivity contribution is 0.0993. The minimum absolute atomic E-state index is 0.0594. The fraction of sp³-hybridized carbons (Fsp3) is 0.417. The lowest BCUT2D eigenvalue weighted by Crippen LogP contribution is -2.18. The van der Waals surface area contributed by atoms with Gasteiger partial charge in [-0.15, -0.1) is 0 Å². The first-order chi connectivity index (χ1) is 7.63. The van der Waals surface area contributed by atoms with Crippen LogP contribution in [0.5, 0.6) is 5.75 Å². The molecule has 0 unspecified atom stereocenters. The predicted molar refractivity (Wildman–Crippen MR) is 68.3 cm³/mol. The fourth-order valence-corrected chi connectivity index (χ4v) is 2.28. The van der Waals surface area contributed by atoms with Gasteiger partial charge in [-0.05, 0) is 25.6 Å². The lowest BCUT2D eigenvalue weighted by Gasteiger charge is -2.11. The van der Waals surface area contributed by atoms with E-state index in [2.05, 4.69) is 28.2 Å². The monoisotopic (exact) mass is 285 g/mol. The summed E-state index contributed by atoms with van der Waals surface area (Å²) in [6.45, 7) is 2.39. The third-order valence-corrected chi connectivity index (χ3v) is 3.09. The van der Waals surface area contributed by atoms with Gasteiger partial charge in [0.15, 0.2) is 5.78 Å². The van der Waals surface area contributed by atoms with Gasteiger partial charge in [-0.3, -0.25) is 4.79 Å². The Morgan fingerprint density at radius 1 is 1.50 bits per heavy atom. The number of likely N-dealkylation sites (N-methyl/N-ethyl adjacent to an activating group) is 1. The van der Waals surface area contributed by atoms with Crippen LogP contribution < -0.4 is 10.1 Å². The van der Waals surface area contributed by atoms with Gasteiger partial charge in [0.25, 0.3) is 0 Å². The number of halogens is 1. The number of hydrogen-bond donors (Lipinski definition) is 1. The topological polar surface area (TPSA) is 38.3 Å². The molecule has 1 N–H and O–H groups in total. The van der Waals surface area contributed by atoms with Crippen LogP contribution in [0, 0.1) is 0 Å². The van der Waals surface area contributed by atoms with Gasteiger partial charge in [-0.25, -0.2) is 0 Å². The maximum atomic E-state index is 11.7. The van der Waals surface area contributed by atoms with E-state index in [0.717, 1.165) is 22.2 Å². The summed E-state index contributed by atoms with van der Waals surface area (Å²) in [6.07, 6.45) is 0.865. The summed E-state index contributed by atoms with van der Waals surface area (Å²) < 4.78 is 6.21. The number of Topliss-reactive ketones (excluding diaryl/α,β-unsaturated/α-hetero) is 1. The standard InChI is InChI=1S/C12H16BrNO2/c1-4-9-10(13)5-8(6-12(9)16-3)11(15)7-14-2/h5-6,14H,4,7H2,1-3H3. The summed E-state index contributed by atoms with van der Waals surface area (Å²) in [4.78, 5) is 11.7. The molecule has 0 amide bonds. The number of rotatable bonds is 5. The molecule has 16 heavy (non-hydrogen) atoms. The zero-order valence-corrected chi connectivity index (χ0v) is 11.3. The Morgan fingerprint density at radius 2 is 2.19 bits per heavy atom. The van der Waals surface area contributed by atoms with E-state index in [9.17, 15) is 4.79 Å². The second-order valence-electron chi connectivity index (χ2n) is 3.45. The molecule has 0 aliphatic rings. The SMILES string of the molecule is CCc1c(Br)cc(C(=O)CNC)cc1OC. The van der Waals surface area contributed by atoms with Crippen molar-refractivity contribution >= 4 is 21.7 Å². The molecule has 0 radical (unpaired) electrons. The van der Waals surface area contributed by atoms with Crippen LogP contribution >= 0.6 is 15.9 Å². The fourth-order valence-electron chi connectivity index (χ4n) is 1.56. The van der Waals surface area contributed by atoms with Crippen molar-refractivity contribution in [2.75, 3.05) is 20.7 Å². The number of ether oxygens (including phenoxy) is 1. The minimum atomic E-state index is 0.0594. The second-order valence-corrected chi connectivity index (χ2v) is 4.30. The third kappa shape index (κ3) is 2.83. The highest BCUT2D eigenvalue weighted by atomic mass is 79.9. The van der Waals surface area contributed by atoms with Gasteiger partial charge in [0.1, 0.15) is 5.75 Å². The number of ketones is 1. The highest BCUT2D eigenvalue weighted by Crippen LogP contribution is 2.29. The van der Waals surface area contributed by atoms with E-state index in [4.69, 9.17) is 4.74 Å². The van der Waals surface area contributed by atoms with Crippen molar-refractivity contribution < 1.29 is 9.53 Å². The quantitative estimate of drug-likeness (QED) is 0.845. The molecule has 0 aliphatic heterocycles.